The zero-order chi connectivity index (χ0) is 18.1. The van der Waals surface area contributed by atoms with Crippen LogP contribution in [0.4, 0.5) is 10.5 Å². The molecule has 0 unspecified atom stereocenters. The number of anilines is 1. The van der Waals surface area contributed by atoms with E-state index in [-0.39, 0.29) is 30.4 Å². The monoisotopic (exact) mass is 349 g/mol. The molecule has 2 fully saturated rings. The number of hydrogen-bond acceptors (Lipinski definition) is 3. The smallest absolute Gasteiger partial charge is 0.322 e. The number of amides is 4. The molecular formula is C20H19N3O3. The van der Waals surface area contributed by atoms with Gasteiger partial charge in [-0.3, -0.25) is 14.5 Å². The molecule has 4 amide bonds. The van der Waals surface area contributed by atoms with Gasteiger partial charge in [-0.25, -0.2) is 4.79 Å². The zero-order valence-electron chi connectivity index (χ0n) is 14.2. The van der Waals surface area contributed by atoms with Crippen LogP contribution in [0.1, 0.15) is 28.8 Å². The highest BCUT2D eigenvalue weighted by Gasteiger charge is 2.47. The van der Waals surface area contributed by atoms with Crippen molar-refractivity contribution in [1.29, 1.82) is 0 Å². The number of para-hydroxylation sites is 1. The van der Waals surface area contributed by atoms with Crippen LogP contribution in [0.15, 0.2) is 54.6 Å². The molecule has 0 bridgehead atoms. The number of urea groups is 1. The highest BCUT2D eigenvalue weighted by molar-refractivity contribution is 6.05. The van der Waals surface area contributed by atoms with E-state index in [9.17, 15) is 14.4 Å². The van der Waals surface area contributed by atoms with Crippen molar-refractivity contribution in [3.8, 4) is 0 Å². The first-order valence-electron chi connectivity index (χ1n) is 8.71. The van der Waals surface area contributed by atoms with Crippen LogP contribution in [0.3, 0.4) is 0 Å². The van der Waals surface area contributed by atoms with Crippen molar-refractivity contribution in [2.75, 3.05) is 11.9 Å². The lowest BCUT2D eigenvalue weighted by Gasteiger charge is -2.16. The minimum atomic E-state index is -0.299. The number of nitrogens with zero attached hydrogens (tertiary/aromatic N) is 2. The standard InChI is InChI=1S/C20H19N3O3/c24-18(21-16-8-2-1-3-9-16)15-7-4-6-14(12-15)13-23-19(25)17-10-5-11-22(17)20(23)26/h1-4,6-9,12,17H,5,10-11,13H2,(H,21,24)/t17-/m0/s1. The number of nitrogens with one attached hydrogen (secondary N) is 1. The van der Waals surface area contributed by atoms with E-state index in [1.54, 1.807) is 23.1 Å². The Morgan fingerprint density at radius 3 is 2.65 bits per heavy atom. The van der Waals surface area contributed by atoms with E-state index in [4.69, 9.17) is 0 Å². The van der Waals surface area contributed by atoms with Gasteiger partial charge in [-0.2, -0.15) is 0 Å². The fourth-order valence-corrected chi connectivity index (χ4v) is 3.55. The van der Waals surface area contributed by atoms with E-state index < -0.39 is 0 Å². The predicted octanol–water partition coefficient (Wildman–Crippen LogP) is 2.87. The number of rotatable bonds is 4. The Labute approximate surface area is 151 Å². The van der Waals surface area contributed by atoms with Gasteiger partial charge in [0.05, 0.1) is 6.54 Å². The van der Waals surface area contributed by atoms with E-state index in [0.717, 1.165) is 18.4 Å². The van der Waals surface area contributed by atoms with Crippen LogP contribution in [0.2, 0.25) is 0 Å². The third-order valence-corrected chi connectivity index (χ3v) is 4.84. The number of benzene rings is 2. The lowest BCUT2D eigenvalue weighted by Crippen LogP contribution is -2.32. The van der Waals surface area contributed by atoms with Crippen LogP contribution in [-0.4, -0.2) is 40.2 Å². The van der Waals surface area contributed by atoms with Crippen molar-refractivity contribution in [3.05, 3.63) is 65.7 Å². The maximum Gasteiger partial charge on any atom is 0.327 e. The highest BCUT2D eigenvalue weighted by atomic mass is 16.2. The Morgan fingerprint density at radius 1 is 1.08 bits per heavy atom. The molecular weight excluding hydrogens is 330 g/mol. The third kappa shape index (κ3) is 2.94. The molecule has 0 saturated carbocycles. The molecule has 0 aliphatic carbocycles. The summed E-state index contributed by atoms with van der Waals surface area (Å²) in [5.41, 5.74) is 1.97. The van der Waals surface area contributed by atoms with E-state index in [1.165, 1.54) is 4.90 Å². The van der Waals surface area contributed by atoms with Crippen molar-refractivity contribution in [3.63, 3.8) is 0 Å². The number of hydrogen-bond donors (Lipinski definition) is 1. The molecule has 1 N–H and O–H groups in total. The molecule has 4 rings (SSSR count). The van der Waals surface area contributed by atoms with Crippen LogP contribution in [0.25, 0.3) is 0 Å². The molecule has 0 spiro atoms. The van der Waals surface area contributed by atoms with E-state index in [2.05, 4.69) is 5.32 Å². The van der Waals surface area contributed by atoms with Crippen molar-refractivity contribution >= 4 is 23.5 Å². The fraction of sp³-hybridized carbons (Fsp3) is 0.250. The summed E-state index contributed by atoms with van der Waals surface area (Å²) in [6, 6.07) is 15.7. The first kappa shape index (κ1) is 16.3. The van der Waals surface area contributed by atoms with Gasteiger partial charge in [0.2, 0.25) is 0 Å². The lowest BCUT2D eigenvalue weighted by atomic mass is 10.1. The van der Waals surface area contributed by atoms with Crippen LogP contribution in [0.5, 0.6) is 0 Å². The van der Waals surface area contributed by atoms with E-state index >= 15 is 0 Å². The predicted molar refractivity (Wildman–Crippen MR) is 96.5 cm³/mol. The quantitative estimate of drug-likeness (QED) is 0.863. The maximum atomic E-state index is 12.4. The SMILES string of the molecule is O=C(Nc1ccccc1)c1cccc(CN2C(=O)[C@@H]3CCCN3C2=O)c1. The van der Waals surface area contributed by atoms with Crippen LogP contribution >= 0.6 is 0 Å². The Hall–Kier alpha value is -3.15. The molecule has 2 aliphatic rings. The Kier molecular flexibility index (Phi) is 4.16. The van der Waals surface area contributed by atoms with Gasteiger partial charge in [0.25, 0.3) is 11.8 Å². The minimum absolute atomic E-state index is 0.133. The first-order valence-corrected chi connectivity index (χ1v) is 8.71. The van der Waals surface area contributed by atoms with Crippen LogP contribution in [-0.2, 0) is 11.3 Å². The molecule has 2 heterocycles. The summed E-state index contributed by atoms with van der Waals surface area (Å²) in [5, 5.41) is 2.83. The topological polar surface area (TPSA) is 69.7 Å². The molecule has 26 heavy (non-hydrogen) atoms. The highest BCUT2D eigenvalue weighted by Crippen LogP contribution is 2.28. The maximum absolute atomic E-state index is 12.4. The van der Waals surface area contributed by atoms with E-state index in [1.807, 2.05) is 36.4 Å². The Morgan fingerprint density at radius 2 is 1.88 bits per heavy atom. The molecule has 2 aliphatic heterocycles. The minimum Gasteiger partial charge on any atom is -0.322 e. The van der Waals surface area contributed by atoms with Gasteiger partial charge < -0.3 is 10.2 Å². The molecule has 0 radical (unpaired) electrons. The molecule has 132 valence electrons. The molecule has 2 aromatic rings. The van der Waals surface area contributed by atoms with Crippen molar-refractivity contribution in [1.82, 2.24) is 9.80 Å². The summed E-state index contributed by atoms with van der Waals surface area (Å²) in [7, 11) is 0. The summed E-state index contributed by atoms with van der Waals surface area (Å²) in [6.07, 6.45) is 1.62. The second-order valence-corrected chi connectivity index (χ2v) is 6.58. The molecule has 2 aromatic carbocycles. The molecule has 6 nitrogen and oxygen atoms in total. The zero-order valence-corrected chi connectivity index (χ0v) is 14.2. The van der Waals surface area contributed by atoms with Gasteiger partial charge in [-0.05, 0) is 42.7 Å². The number of carbonyl (C=O) groups is 3. The van der Waals surface area contributed by atoms with Gasteiger partial charge in [0.1, 0.15) is 6.04 Å². The van der Waals surface area contributed by atoms with Gasteiger partial charge in [0, 0.05) is 17.8 Å². The molecule has 0 aromatic heterocycles. The normalized spacial score (nSPS) is 19.0. The van der Waals surface area contributed by atoms with Crippen LogP contribution < -0.4 is 5.32 Å². The molecule has 6 heteroatoms. The summed E-state index contributed by atoms with van der Waals surface area (Å²) in [6.45, 7) is 0.836. The number of fused-ring (bicyclic) bond motifs is 1. The lowest BCUT2D eigenvalue weighted by molar-refractivity contribution is -0.128. The molecule has 2 saturated heterocycles. The number of imide groups is 1. The van der Waals surface area contributed by atoms with Crippen LogP contribution in [0, 0.1) is 0 Å². The van der Waals surface area contributed by atoms with Gasteiger partial charge in [-0.15, -0.1) is 0 Å². The average Bonchev–Trinajstić information content (AvgIpc) is 3.23. The largest absolute Gasteiger partial charge is 0.327 e. The summed E-state index contributed by atoms with van der Waals surface area (Å²) < 4.78 is 0. The summed E-state index contributed by atoms with van der Waals surface area (Å²) in [4.78, 5) is 40.2. The Bertz CT molecular complexity index is 844. The first-order chi connectivity index (χ1) is 12.6. The van der Waals surface area contributed by atoms with Gasteiger partial charge in [0.15, 0.2) is 0 Å². The van der Waals surface area contributed by atoms with Crippen molar-refractivity contribution in [2.24, 2.45) is 0 Å². The number of carbonyl (C=O) groups excluding carboxylic acids is 3. The summed E-state index contributed by atoms with van der Waals surface area (Å²) in [5.74, 6) is -0.357. The second-order valence-electron chi connectivity index (χ2n) is 6.58. The fourth-order valence-electron chi connectivity index (χ4n) is 3.55. The van der Waals surface area contributed by atoms with Crippen molar-refractivity contribution in [2.45, 2.75) is 25.4 Å². The second kappa shape index (κ2) is 6.63. The summed E-state index contributed by atoms with van der Waals surface area (Å²) >= 11 is 0. The average molecular weight is 349 g/mol. The third-order valence-electron chi connectivity index (χ3n) is 4.84. The Balaban J connectivity index is 1.49. The molecule has 1 atom stereocenters. The van der Waals surface area contributed by atoms with E-state index in [0.29, 0.717) is 17.8 Å². The van der Waals surface area contributed by atoms with Gasteiger partial charge >= 0.3 is 6.03 Å². The van der Waals surface area contributed by atoms with Gasteiger partial charge in [-0.1, -0.05) is 30.3 Å². The van der Waals surface area contributed by atoms with Crippen molar-refractivity contribution < 1.29 is 14.4 Å².